The highest BCUT2D eigenvalue weighted by atomic mass is 16.6. The second-order valence-electron chi connectivity index (χ2n) is 6.63. The van der Waals surface area contributed by atoms with Gasteiger partial charge in [-0.3, -0.25) is 10.2 Å². The van der Waals surface area contributed by atoms with Gasteiger partial charge < -0.3 is 24.7 Å². The molecule has 2 saturated heterocycles. The number of allylic oxidation sites excluding steroid dienone is 2. The van der Waals surface area contributed by atoms with Crippen molar-refractivity contribution in [3.8, 4) is 0 Å². The van der Waals surface area contributed by atoms with Crippen LogP contribution in [-0.2, 0) is 18.9 Å². The minimum absolute atomic E-state index is 0.0142. The predicted octanol–water partition coefficient (Wildman–Crippen LogP) is 1.07. The maximum Gasteiger partial charge on any atom is 0.325 e. The van der Waals surface area contributed by atoms with Gasteiger partial charge in [-0.05, 0) is 32.8 Å². The van der Waals surface area contributed by atoms with E-state index in [0.717, 1.165) is 12.8 Å². The van der Waals surface area contributed by atoms with Crippen LogP contribution in [-0.4, -0.2) is 68.6 Å². The molecule has 0 radical (unpaired) electrons. The highest BCUT2D eigenvalue weighted by molar-refractivity contribution is 6.03. The van der Waals surface area contributed by atoms with Crippen LogP contribution in [0, 0.1) is 0 Å². The maximum atomic E-state index is 12.6. The normalized spacial score (nSPS) is 28.5. The van der Waals surface area contributed by atoms with E-state index in [0.29, 0.717) is 49.4 Å². The van der Waals surface area contributed by atoms with Crippen molar-refractivity contribution in [2.75, 3.05) is 33.4 Å². The number of hydrogen-bond donors (Lipinski definition) is 2. The molecule has 0 saturated carbocycles. The molecule has 3 aliphatic heterocycles. The van der Waals surface area contributed by atoms with Gasteiger partial charge in [0.2, 0.25) is 0 Å². The van der Waals surface area contributed by atoms with E-state index in [4.69, 9.17) is 24.7 Å². The largest absolute Gasteiger partial charge is 0.490 e. The summed E-state index contributed by atoms with van der Waals surface area (Å²) in [6, 6.07) is -0.236. The summed E-state index contributed by atoms with van der Waals surface area (Å²) in [4.78, 5) is 18.8. The Balaban J connectivity index is 1.70. The number of nitrogens with two attached hydrogens (primary N) is 1. The number of amides is 2. The molecule has 9 heteroatoms. The van der Waals surface area contributed by atoms with E-state index in [1.807, 2.05) is 19.9 Å². The first-order valence-corrected chi connectivity index (χ1v) is 9.25. The summed E-state index contributed by atoms with van der Waals surface area (Å²) in [5, 5.41) is 2.84. The molecule has 3 rings (SSSR count). The number of aliphatic imine (C=N–C) groups is 1. The molecule has 0 aromatic carbocycles. The molecule has 1 unspecified atom stereocenters. The Morgan fingerprint density at radius 2 is 2.30 bits per heavy atom. The van der Waals surface area contributed by atoms with E-state index in [-0.39, 0.29) is 24.5 Å². The average Bonchev–Trinajstić information content (AvgIpc) is 3.11. The SMILES string of the molecule is C/C=C(/OCCN)C1=C(C)OC2CN([C@H]3CC[C@@H](COC)O3)C(=O)NC2=N1. The number of ether oxygens (including phenoxy) is 4. The molecule has 2 amide bonds. The summed E-state index contributed by atoms with van der Waals surface area (Å²) in [5.74, 6) is 1.72. The lowest BCUT2D eigenvalue weighted by Gasteiger charge is -2.39. The lowest BCUT2D eigenvalue weighted by atomic mass is 10.1. The molecular formula is C18H28N4O5. The Kier molecular flexibility index (Phi) is 6.35. The summed E-state index contributed by atoms with van der Waals surface area (Å²) in [5.41, 5.74) is 6.08. The first kappa shape index (κ1) is 19.7. The lowest BCUT2D eigenvalue weighted by Crippen LogP contribution is -2.61. The van der Waals surface area contributed by atoms with Gasteiger partial charge in [0.05, 0.1) is 19.3 Å². The second kappa shape index (κ2) is 8.73. The van der Waals surface area contributed by atoms with Crippen LogP contribution in [0.4, 0.5) is 4.79 Å². The van der Waals surface area contributed by atoms with Crippen LogP contribution in [0.1, 0.15) is 26.7 Å². The van der Waals surface area contributed by atoms with Gasteiger partial charge in [-0.2, -0.15) is 0 Å². The van der Waals surface area contributed by atoms with Crippen LogP contribution >= 0.6 is 0 Å². The molecule has 27 heavy (non-hydrogen) atoms. The summed E-state index contributed by atoms with van der Waals surface area (Å²) in [6.45, 7) is 5.39. The molecule has 0 aliphatic carbocycles. The van der Waals surface area contributed by atoms with E-state index in [9.17, 15) is 4.79 Å². The number of amidine groups is 1. The zero-order valence-electron chi connectivity index (χ0n) is 16.1. The number of hydrogen-bond acceptors (Lipinski definition) is 7. The van der Waals surface area contributed by atoms with Crippen molar-refractivity contribution in [3.05, 3.63) is 23.3 Å². The zero-order valence-corrected chi connectivity index (χ0v) is 16.1. The Morgan fingerprint density at radius 1 is 1.48 bits per heavy atom. The van der Waals surface area contributed by atoms with Crippen molar-refractivity contribution in [2.45, 2.75) is 45.1 Å². The van der Waals surface area contributed by atoms with Crippen molar-refractivity contribution >= 4 is 11.9 Å². The molecule has 3 aliphatic rings. The van der Waals surface area contributed by atoms with Crippen molar-refractivity contribution in [1.29, 1.82) is 0 Å². The molecule has 2 fully saturated rings. The van der Waals surface area contributed by atoms with E-state index in [1.165, 1.54) is 0 Å². The number of nitrogens with one attached hydrogen (secondary N) is 1. The number of carbonyl (C=O) groups is 1. The van der Waals surface area contributed by atoms with Crippen LogP contribution in [0.2, 0.25) is 0 Å². The summed E-state index contributed by atoms with van der Waals surface area (Å²) < 4.78 is 22.7. The Morgan fingerprint density at radius 3 is 3.00 bits per heavy atom. The van der Waals surface area contributed by atoms with Gasteiger partial charge in [-0.1, -0.05) is 0 Å². The molecule has 3 atom stereocenters. The number of carbonyl (C=O) groups excluding carboxylic acids is 1. The molecular weight excluding hydrogens is 352 g/mol. The van der Waals surface area contributed by atoms with Crippen LogP contribution in [0.5, 0.6) is 0 Å². The zero-order chi connectivity index (χ0) is 19.4. The number of methoxy groups -OCH3 is 1. The van der Waals surface area contributed by atoms with Gasteiger partial charge in [0.1, 0.15) is 30.1 Å². The average molecular weight is 380 g/mol. The van der Waals surface area contributed by atoms with Gasteiger partial charge in [0.25, 0.3) is 0 Å². The molecule has 0 spiro atoms. The third-order valence-electron chi connectivity index (χ3n) is 4.70. The van der Waals surface area contributed by atoms with Crippen LogP contribution in [0.3, 0.4) is 0 Å². The van der Waals surface area contributed by atoms with Gasteiger partial charge >= 0.3 is 6.03 Å². The van der Waals surface area contributed by atoms with Crippen molar-refractivity contribution < 1.29 is 23.7 Å². The van der Waals surface area contributed by atoms with Crippen molar-refractivity contribution in [1.82, 2.24) is 10.2 Å². The number of fused-ring (bicyclic) bond motifs is 1. The van der Waals surface area contributed by atoms with Crippen LogP contribution in [0.15, 0.2) is 28.3 Å². The van der Waals surface area contributed by atoms with Crippen molar-refractivity contribution in [2.24, 2.45) is 10.7 Å². The van der Waals surface area contributed by atoms with Crippen LogP contribution < -0.4 is 11.1 Å². The fraction of sp³-hybridized carbons (Fsp3) is 0.667. The van der Waals surface area contributed by atoms with Gasteiger partial charge in [-0.15, -0.1) is 0 Å². The standard InChI is InChI=1S/C18H28N4O5/c1-4-13(25-8-7-19)16-11(2)26-14-9-22(18(23)21-17(14)20-16)15-6-5-12(27-15)10-24-3/h4,12,14-15H,5-10,19H2,1-3H3,(H,20,21,23)/b13-4+/t12-,14?,15+/m0/s1. The topological polar surface area (TPSA) is 108 Å². The molecule has 0 bridgehead atoms. The smallest absolute Gasteiger partial charge is 0.325 e. The molecule has 0 aromatic rings. The number of nitrogens with zero attached hydrogens (tertiary/aromatic N) is 2. The fourth-order valence-electron chi connectivity index (χ4n) is 3.43. The number of urea groups is 1. The highest BCUT2D eigenvalue weighted by Crippen LogP contribution is 2.29. The summed E-state index contributed by atoms with van der Waals surface area (Å²) >= 11 is 0. The fourth-order valence-corrected chi connectivity index (χ4v) is 3.43. The van der Waals surface area contributed by atoms with Gasteiger partial charge in [0, 0.05) is 13.7 Å². The highest BCUT2D eigenvalue weighted by Gasteiger charge is 2.41. The Bertz CT molecular complexity index is 660. The van der Waals surface area contributed by atoms with Gasteiger partial charge in [0.15, 0.2) is 11.9 Å². The van der Waals surface area contributed by atoms with E-state index in [2.05, 4.69) is 10.3 Å². The Hall–Kier alpha value is -2.10. The minimum atomic E-state index is -0.357. The molecule has 150 valence electrons. The van der Waals surface area contributed by atoms with Crippen LogP contribution in [0.25, 0.3) is 0 Å². The Labute approximate surface area is 159 Å². The first-order chi connectivity index (χ1) is 13.1. The molecule has 0 aromatic heterocycles. The molecule has 9 nitrogen and oxygen atoms in total. The first-order valence-electron chi connectivity index (χ1n) is 9.25. The van der Waals surface area contributed by atoms with E-state index >= 15 is 0 Å². The summed E-state index contributed by atoms with van der Waals surface area (Å²) in [6.07, 6.45) is 2.82. The minimum Gasteiger partial charge on any atom is -0.490 e. The third-order valence-corrected chi connectivity index (χ3v) is 4.70. The molecule has 3 N–H and O–H groups in total. The van der Waals surface area contributed by atoms with Gasteiger partial charge in [-0.25, -0.2) is 9.79 Å². The third kappa shape index (κ3) is 4.26. The van der Waals surface area contributed by atoms with Crippen molar-refractivity contribution in [3.63, 3.8) is 0 Å². The quantitative estimate of drug-likeness (QED) is 0.640. The van der Waals surface area contributed by atoms with E-state index in [1.54, 1.807) is 12.0 Å². The van der Waals surface area contributed by atoms with E-state index < -0.39 is 0 Å². The summed E-state index contributed by atoms with van der Waals surface area (Å²) in [7, 11) is 1.64. The molecule has 3 heterocycles. The maximum absolute atomic E-state index is 12.6. The predicted molar refractivity (Wildman–Crippen MR) is 98.8 cm³/mol. The lowest BCUT2D eigenvalue weighted by molar-refractivity contribution is -0.0656. The monoisotopic (exact) mass is 380 g/mol. The number of rotatable bonds is 7. The second-order valence-corrected chi connectivity index (χ2v) is 6.63.